The summed E-state index contributed by atoms with van der Waals surface area (Å²) >= 11 is 1.39. The van der Waals surface area contributed by atoms with Crippen LogP contribution in [0.15, 0.2) is 5.38 Å². The van der Waals surface area contributed by atoms with Crippen LogP contribution in [0.4, 0.5) is 0 Å². The molecule has 1 saturated heterocycles. The van der Waals surface area contributed by atoms with Crippen LogP contribution in [0.2, 0.25) is 0 Å². The van der Waals surface area contributed by atoms with Crippen LogP contribution in [0.3, 0.4) is 0 Å². The number of hydrogen-bond donors (Lipinski definition) is 1. The van der Waals surface area contributed by atoms with Gasteiger partial charge >= 0.3 is 0 Å². The van der Waals surface area contributed by atoms with Gasteiger partial charge in [-0.25, -0.2) is 0 Å². The summed E-state index contributed by atoms with van der Waals surface area (Å²) in [6.07, 6.45) is 2.37. The molecule has 0 aromatic carbocycles. The molecule has 0 bridgehead atoms. The summed E-state index contributed by atoms with van der Waals surface area (Å²) in [5.74, 6) is 0. The van der Waals surface area contributed by atoms with Gasteiger partial charge < -0.3 is 10.1 Å². The van der Waals surface area contributed by atoms with Gasteiger partial charge in [0.05, 0.1) is 12.3 Å². The van der Waals surface area contributed by atoms with Crippen LogP contribution < -0.4 is 5.32 Å². The number of hydrogen-bond acceptors (Lipinski definition) is 5. The van der Waals surface area contributed by atoms with E-state index in [9.17, 15) is 0 Å². The second kappa shape index (κ2) is 4.64. The molecule has 1 N–H and O–H groups in total. The van der Waals surface area contributed by atoms with Crippen molar-refractivity contribution in [1.82, 2.24) is 14.9 Å². The smallest absolute Gasteiger partial charge is 0.0893 e. The molecule has 0 amide bonds. The van der Waals surface area contributed by atoms with E-state index in [0.29, 0.717) is 6.04 Å². The molecule has 1 aromatic rings. The summed E-state index contributed by atoms with van der Waals surface area (Å²) in [6.45, 7) is 2.55. The number of nitrogens with one attached hydrogen (secondary N) is 1. The summed E-state index contributed by atoms with van der Waals surface area (Å²) in [6, 6.07) is 0.496. The normalized spacial score (nSPS) is 23.2. The van der Waals surface area contributed by atoms with E-state index in [2.05, 4.69) is 14.9 Å². The van der Waals surface area contributed by atoms with Gasteiger partial charge in [0.25, 0.3) is 0 Å². The van der Waals surface area contributed by atoms with Crippen molar-refractivity contribution in [2.45, 2.75) is 25.4 Å². The van der Waals surface area contributed by atoms with Crippen LogP contribution in [0.25, 0.3) is 0 Å². The first-order valence-electron chi connectivity index (χ1n) is 4.52. The van der Waals surface area contributed by atoms with Crippen molar-refractivity contribution in [3.63, 3.8) is 0 Å². The molecular weight excluding hydrogens is 186 g/mol. The Bertz CT molecular complexity index is 234. The van der Waals surface area contributed by atoms with Crippen LogP contribution in [0.5, 0.6) is 0 Å². The van der Waals surface area contributed by atoms with Gasteiger partial charge in [0.1, 0.15) is 0 Å². The highest BCUT2D eigenvalue weighted by atomic mass is 32.1. The lowest BCUT2D eigenvalue weighted by atomic mass is 10.1. The van der Waals surface area contributed by atoms with E-state index in [4.69, 9.17) is 4.74 Å². The van der Waals surface area contributed by atoms with E-state index in [1.54, 1.807) is 0 Å². The van der Waals surface area contributed by atoms with Crippen LogP contribution in [-0.4, -0.2) is 28.8 Å². The third-order valence-corrected chi connectivity index (χ3v) is 2.69. The predicted octanol–water partition coefficient (Wildman–Crippen LogP) is 0.807. The zero-order chi connectivity index (χ0) is 8.93. The second-order valence-corrected chi connectivity index (χ2v) is 3.80. The van der Waals surface area contributed by atoms with Gasteiger partial charge in [-0.15, -0.1) is 5.10 Å². The van der Waals surface area contributed by atoms with Crippen molar-refractivity contribution in [3.05, 3.63) is 11.1 Å². The summed E-state index contributed by atoms with van der Waals surface area (Å²) < 4.78 is 9.16. The van der Waals surface area contributed by atoms with Crippen molar-refractivity contribution in [2.24, 2.45) is 0 Å². The monoisotopic (exact) mass is 199 g/mol. The van der Waals surface area contributed by atoms with Gasteiger partial charge in [0, 0.05) is 24.6 Å². The van der Waals surface area contributed by atoms with E-state index in [0.717, 1.165) is 31.9 Å². The quantitative estimate of drug-likeness (QED) is 0.782. The molecule has 2 heterocycles. The highest BCUT2D eigenvalue weighted by Gasteiger charge is 2.12. The molecule has 1 aromatic heterocycles. The number of aromatic nitrogens is 2. The van der Waals surface area contributed by atoms with Crippen molar-refractivity contribution >= 4 is 11.5 Å². The van der Waals surface area contributed by atoms with Crippen molar-refractivity contribution in [3.8, 4) is 0 Å². The molecule has 1 atom stereocenters. The highest BCUT2D eigenvalue weighted by Crippen LogP contribution is 2.06. The molecule has 1 aliphatic rings. The molecule has 0 radical (unpaired) electrons. The van der Waals surface area contributed by atoms with Crippen LogP contribution in [-0.2, 0) is 11.3 Å². The SMILES string of the molecule is c1snnc1CNC1CCCOC1. The van der Waals surface area contributed by atoms with E-state index in [1.165, 1.54) is 18.0 Å². The molecule has 0 saturated carbocycles. The van der Waals surface area contributed by atoms with Crippen molar-refractivity contribution in [1.29, 1.82) is 0 Å². The molecule has 72 valence electrons. The standard InChI is InChI=1S/C8H13N3OS/c1-2-7(5-12-3-1)9-4-8-6-13-11-10-8/h6-7,9H,1-5H2. The van der Waals surface area contributed by atoms with Gasteiger partial charge in [0.15, 0.2) is 0 Å². The molecule has 0 spiro atoms. The Morgan fingerprint density at radius 2 is 2.69 bits per heavy atom. The lowest BCUT2D eigenvalue weighted by Crippen LogP contribution is -2.36. The molecule has 5 heteroatoms. The first-order valence-corrected chi connectivity index (χ1v) is 5.36. The minimum Gasteiger partial charge on any atom is -0.380 e. The maximum atomic E-state index is 5.36. The zero-order valence-corrected chi connectivity index (χ0v) is 8.22. The summed E-state index contributed by atoms with van der Waals surface area (Å²) in [5.41, 5.74) is 1.02. The Labute approximate surface area is 81.5 Å². The molecule has 1 fully saturated rings. The molecule has 0 aliphatic carbocycles. The Balaban J connectivity index is 1.72. The second-order valence-electron chi connectivity index (χ2n) is 3.19. The maximum Gasteiger partial charge on any atom is 0.0893 e. The summed E-state index contributed by atoms with van der Waals surface area (Å²) in [4.78, 5) is 0. The van der Waals surface area contributed by atoms with Crippen LogP contribution in [0.1, 0.15) is 18.5 Å². The van der Waals surface area contributed by atoms with Crippen LogP contribution in [0, 0.1) is 0 Å². The van der Waals surface area contributed by atoms with E-state index in [-0.39, 0.29) is 0 Å². The average Bonchev–Trinajstić information content (AvgIpc) is 2.69. The van der Waals surface area contributed by atoms with E-state index < -0.39 is 0 Å². The van der Waals surface area contributed by atoms with Crippen molar-refractivity contribution in [2.75, 3.05) is 13.2 Å². The lowest BCUT2D eigenvalue weighted by molar-refractivity contribution is 0.0698. The Morgan fingerprint density at radius 3 is 3.38 bits per heavy atom. The molecular formula is C8H13N3OS. The van der Waals surface area contributed by atoms with Gasteiger partial charge in [-0.05, 0) is 24.4 Å². The first-order chi connectivity index (χ1) is 6.45. The van der Waals surface area contributed by atoms with Gasteiger partial charge in [-0.2, -0.15) is 0 Å². The highest BCUT2D eigenvalue weighted by molar-refractivity contribution is 7.03. The fourth-order valence-electron chi connectivity index (χ4n) is 1.41. The largest absolute Gasteiger partial charge is 0.380 e. The zero-order valence-electron chi connectivity index (χ0n) is 7.40. The fourth-order valence-corrected chi connectivity index (χ4v) is 1.86. The topological polar surface area (TPSA) is 47.0 Å². The van der Waals surface area contributed by atoms with Gasteiger partial charge in [-0.3, -0.25) is 0 Å². The van der Waals surface area contributed by atoms with Gasteiger partial charge in [-0.1, -0.05) is 4.49 Å². The number of nitrogens with zero attached hydrogens (tertiary/aromatic N) is 2. The minimum absolute atomic E-state index is 0.496. The van der Waals surface area contributed by atoms with E-state index >= 15 is 0 Å². The predicted molar refractivity (Wildman–Crippen MR) is 50.6 cm³/mol. The molecule has 2 rings (SSSR count). The van der Waals surface area contributed by atoms with Gasteiger partial charge in [0.2, 0.25) is 0 Å². The van der Waals surface area contributed by atoms with E-state index in [1.807, 2.05) is 5.38 Å². The molecule has 4 nitrogen and oxygen atoms in total. The Hall–Kier alpha value is -0.520. The average molecular weight is 199 g/mol. The Morgan fingerprint density at radius 1 is 1.69 bits per heavy atom. The molecule has 13 heavy (non-hydrogen) atoms. The third kappa shape index (κ3) is 2.72. The van der Waals surface area contributed by atoms with Crippen molar-refractivity contribution < 1.29 is 4.74 Å². The first kappa shape index (κ1) is 9.05. The summed E-state index contributed by atoms with van der Waals surface area (Å²) in [5, 5.41) is 9.34. The summed E-state index contributed by atoms with van der Waals surface area (Å²) in [7, 11) is 0. The molecule has 1 aliphatic heterocycles. The Kier molecular flexibility index (Phi) is 3.23. The van der Waals surface area contributed by atoms with Crippen LogP contribution >= 0.6 is 11.5 Å². The fraction of sp³-hybridized carbons (Fsp3) is 0.750. The maximum absolute atomic E-state index is 5.36. The molecule has 1 unspecified atom stereocenters. The third-order valence-electron chi connectivity index (χ3n) is 2.14. The minimum atomic E-state index is 0.496. The lowest BCUT2D eigenvalue weighted by Gasteiger charge is -2.22. The number of rotatable bonds is 3. The number of ether oxygens (including phenoxy) is 1.